The first-order valence-corrected chi connectivity index (χ1v) is 7.93. The van der Waals surface area contributed by atoms with E-state index in [1.54, 1.807) is 12.0 Å². The second kappa shape index (κ2) is 6.67. The lowest BCUT2D eigenvalue weighted by Gasteiger charge is -2.51. The molecule has 3 nitrogen and oxygen atoms in total. The first-order chi connectivity index (χ1) is 10.3. The maximum absolute atomic E-state index is 11.3. The normalized spacial score (nSPS) is 19.9. The van der Waals surface area contributed by atoms with Gasteiger partial charge in [0.15, 0.2) is 0 Å². The van der Waals surface area contributed by atoms with E-state index in [0.29, 0.717) is 0 Å². The van der Waals surface area contributed by atoms with Crippen molar-refractivity contribution in [3.63, 3.8) is 0 Å². The van der Waals surface area contributed by atoms with Gasteiger partial charge in [0.25, 0.3) is 0 Å². The zero-order valence-electron chi connectivity index (χ0n) is 13.9. The molecule has 0 spiro atoms. The van der Waals surface area contributed by atoms with Gasteiger partial charge < -0.3 is 14.7 Å². The summed E-state index contributed by atoms with van der Waals surface area (Å²) in [6.07, 6.45) is 4.63. The molecule has 1 unspecified atom stereocenters. The zero-order chi connectivity index (χ0) is 16.4. The molecule has 1 saturated carbocycles. The van der Waals surface area contributed by atoms with Crippen molar-refractivity contribution in [3.8, 4) is 5.75 Å². The van der Waals surface area contributed by atoms with E-state index in [1.807, 2.05) is 38.4 Å². The van der Waals surface area contributed by atoms with Crippen LogP contribution < -0.4 is 4.74 Å². The number of hydrogen-bond donors (Lipinski definition) is 1. The number of benzene rings is 1. The zero-order valence-corrected chi connectivity index (χ0v) is 13.9. The van der Waals surface area contributed by atoms with Crippen molar-refractivity contribution in [2.24, 2.45) is 0 Å². The van der Waals surface area contributed by atoms with Gasteiger partial charge in [0, 0.05) is 5.92 Å². The average Bonchev–Trinajstić information content (AvgIpc) is 2.48. The molecule has 22 heavy (non-hydrogen) atoms. The van der Waals surface area contributed by atoms with Crippen LogP contribution in [0.1, 0.15) is 43.6 Å². The van der Waals surface area contributed by atoms with Gasteiger partial charge in [0.2, 0.25) is 0 Å². The minimum absolute atomic E-state index is 0.360. The summed E-state index contributed by atoms with van der Waals surface area (Å²) in [4.78, 5) is 1.79. The Morgan fingerprint density at radius 3 is 2.14 bits per heavy atom. The predicted octanol–water partition coefficient (Wildman–Crippen LogP) is 2.03. The van der Waals surface area contributed by atoms with Gasteiger partial charge in [-0.15, -0.1) is 0 Å². The van der Waals surface area contributed by atoms with Crippen LogP contribution >= 0.6 is 0 Å². The first kappa shape index (κ1) is 17.4. The van der Waals surface area contributed by atoms with Crippen molar-refractivity contribution >= 4 is 15.7 Å². The van der Waals surface area contributed by atoms with Crippen LogP contribution in [-0.4, -0.2) is 57.8 Å². The smallest absolute Gasteiger partial charge is 0.118 e. The Morgan fingerprint density at radius 1 is 1.14 bits per heavy atom. The van der Waals surface area contributed by atoms with Crippen LogP contribution in [0.4, 0.5) is 0 Å². The summed E-state index contributed by atoms with van der Waals surface area (Å²) in [6, 6.07) is 7.68. The molecule has 0 bridgehead atoms. The van der Waals surface area contributed by atoms with Gasteiger partial charge in [0.05, 0.1) is 28.4 Å². The average molecular weight is 297 g/mol. The van der Waals surface area contributed by atoms with Crippen LogP contribution in [-0.2, 0) is 0 Å². The van der Waals surface area contributed by atoms with Crippen molar-refractivity contribution in [1.82, 2.24) is 4.90 Å². The Balaban J connectivity index is 2.44. The van der Waals surface area contributed by atoms with E-state index in [4.69, 9.17) is 20.4 Å². The van der Waals surface area contributed by atoms with Gasteiger partial charge in [-0.3, -0.25) is 0 Å². The molecule has 0 amide bonds. The SMILES string of the molecule is [B]C([B])(C(c1ccc(OC)cc1)C1(O)CCCCC1)N(C)C. The fourth-order valence-corrected chi connectivity index (χ4v) is 3.51. The second-order valence-corrected chi connectivity index (χ2v) is 6.65. The third-order valence-electron chi connectivity index (χ3n) is 4.94. The number of aliphatic hydroxyl groups is 1. The molecule has 0 aromatic heterocycles. The van der Waals surface area contributed by atoms with E-state index in [9.17, 15) is 5.11 Å². The summed E-state index contributed by atoms with van der Waals surface area (Å²) in [6.45, 7) is 0. The van der Waals surface area contributed by atoms with Crippen LogP contribution in [0.5, 0.6) is 5.75 Å². The molecule has 1 aromatic carbocycles. The molecular weight excluding hydrogens is 272 g/mol. The number of rotatable bonds is 5. The van der Waals surface area contributed by atoms with Crippen LogP contribution in [0.15, 0.2) is 24.3 Å². The summed E-state index contributed by atoms with van der Waals surface area (Å²) in [5.41, 5.74) is 0.0737. The van der Waals surface area contributed by atoms with Crippen molar-refractivity contribution in [2.45, 2.75) is 49.0 Å². The quantitative estimate of drug-likeness (QED) is 0.844. The van der Waals surface area contributed by atoms with Crippen molar-refractivity contribution in [2.75, 3.05) is 21.2 Å². The molecule has 1 atom stereocenters. The van der Waals surface area contributed by atoms with Crippen molar-refractivity contribution in [1.29, 1.82) is 0 Å². The Morgan fingerprint density at radius 2 is 1.68 bits per heavy atom. The molecule has 0 aliphatic heterocycles. The Kier molecular flexibility index (Phi) is 5.29. The number of likely N-dealkylation sites (N-methyl/N-ethyl adjacent to an activating group) is 1. The monoisotopic (exact) mass is 297 g/mol. The van der Waals surface area contributed by atoms with Crippen LogP contribution in [0, 0.1) is 0 Å². The summed E-state index contributed by atoms with van der Waals surface area (Å²) in [5.74, 6) is 0.420. The fourth-order valence-electron chi connectivity index (χ4n) is 3.51. The van der Waals surface area contributed by atoms with E-state index in [0.717, 1.165) is 43.4 Å². The van der Waals surface area contributed by atoms with Gasteiger partial charge in [0.1, 0.15) is 5.75 Å². The maximum atomic E-state index is 11.3. The number of methoxy groups -OCH3 is 1. The largest absolute Gasteiger partial charge is 0.497 e. The third kappa shape index (κ3) is 3.36. The third-order valence-corrected chi connectivity index (χ3v) is 4.94. The van der Waals surface area contributed by atoms with Crippen LogP contribution in [0.3, 0.4) is 0 Å². The highest BCUT2D eigenvalue weighted by molar-refractivity contribution is 6.40. The molecule has 4 radical (unpaired) electrons. The van der Waals surface area contributed by atoms with E-state index >= 15 is 0 Å². The maximum Gasteiger partial charge on any atom is 0.118 e. The van der Waals surface area contributed by atoms with Gasteiger partial charge in [-0.05, 0) is 50.0 Å². The predicted molar refractivity (Wildman–Crippen MR) is 91.7 cm³/mol. The summed E-state index contributed by atoms with van der Waals surface area (Å²) >= 11 is 0. The molecule has 2 rings (SSSR count). The van der Waals surface area contributed by atoms with Crippen molar-refractivity contribution < 1.29 is 9.84 Å². The Labute approximate surface area is 136 Å². The summed E-state index contributed by atoms with van der Waals surface area (Å²) in [7, 11) is 18.2. The van der Waals surface area contributed by atoms with E-state index in [2.05, 4.69) is 0 Å². The minimum atomic E-state index is -1.12. The lowest BCUT2D eigenvalue weighted by molar-refractivity contribution is -0.0389. The lowest BCUT2D eigenvalue weighted by Crippen LogP contribution is -2.58. The second-order valence-electron chi connectivity index (χ2n) is 6.65. The molecule has 0 saturated heterocycles. The van der Waals surface area contributed by atoms with Crippen LogP contribution in [0.25, 0.3) is 0 Å². The van der Waals surface area contributed by atoms with Gasteiger partial charge in [-0.1, -0.05) is 31.4 Å². The molecule has 5 heteroatoms. The molecule has 1 aromatic rings. The molecule has 1 aliphatic rings. The van der Waals surface area contributed by atoms with Crippen molar-refractivity contribution in [3.05, 3.63) is 29.8 Å². The molecule has 116 valence electrons. The van der Waals surface area contributed by atoms with Gasteiger partial charge >= 0.3 is 0 Å². The number of nitrogens with zero attached hydrogens (tertiary/aromatic N) is 1. The number of ether oxygens (including phenoxy) is 1. The topological polar surface area (TPSA) is 32.7 Å². The van der Waals surface area contributed by atoms with Crippen LogP contribution in [0.2, 0.25) is 0 Å². The highest BCUT2D eigenvalue weighted by atomic mass is 16.5. The van der Waals surface area contributed by atoms with Gasteiger partial charge in [-0.25, -0.2) is 0 Å². The van der Waals surface area contributed by atoms with E-state index in [1.165, 1.54) is 0 Å². The van der Waals surface area contributed by atoms with E-state index in [-0.39, 0.29) is 5.92 Å². The molecule has 0 heterocycles. The standard InChI is InChI=1S/C17H25B2NO2/c1-20(2)17(18,19)15(16(21)11-5-4-6-12-16)13-7-9-14(22-3)10-8-13/h7-10,15,21H,4-6,11-12H2,1-3H3. The molecule has 1 N–H and O–H groups in total. The Hall–Kier alpha value is -0.930. The van der Waals surface area contributed by atoms with E-state index < -0.39 is 10.9 Å². The van der Waals surface area contributed by atoms with Gasteiger partial charge in [-0.2, -0.15) is 0 Å². The molecular formula is C17H25B2NO2. The summed E-state index contributed by atoms with van der Waals surface area (Å²) < 4.78 is 5.22. The Bertz CT molecular complexity index is 482. The molecule has 1 fully saturated rings. The highest BCUT2D eigenvalue weighted by Crippen LogP contribution is 2.45. The molecule has 1 aliphatic carbocycles. The highest BCUT2D eigenvalue weighted by Gasteiger charge is 2.46. The minimum Gasteiger partial charge on any atom is -0.497 e. The lowest BCUT2D eigenvalue weighted by atomic mass is 9.48. The summed E-state index contributed by atoms with van der Waals surface area (Å²) in [5, 5.41) is 10.2. The fraction of sp³-hybridized carbons (Fsp3) is 0.647. The number of hydrogen-bond acceptors (Lipinski definition) is 3. The first-order valence-electron chi connectivity index (χ1n) is 7.93.